The van der Waals surface area contributed by atoms with Gasteiger partial charge in [0.1, 0.15) is 11.1 Å². The van der Waals surface area contributed by atoms with Crippen LogP contribution in [0.3, 0.4) is 0 Å². The number of nitrogens with zero attached hydrogens (tertiary/aromatic N) is 6. The molecule has 9 heteroatoms. The Morgan fingerprint density at radius 3 is 3.15 bits per heavy atom. The minimum atomic E-state index is 0.0142. The quantitative estimate of drug-likeness (QED) is 0.769. The minimum absolute atomic E-state index is 0.0142. The number of hydrogen-bond acceptors (Lipinski definition) is 7. The molecule has 104 valence electrons. The van der Waals surface area contributed by atoms with Crippen LogP contribution in [-0.2, 0) is 11.3 Å². The Labute approximate surface area is 118 Å². The molecule has 1 saturated heterocycles. The number of fused-ring (bicyclic) bond motifs is 1. The molecule has 0 spiro atoms. The van der Waals surface area contributed by atoms with Gasteiger partial charge in [-0.2, -0.15) is 14.7 Å². The van der Waals surface area contributed by atoms with Crippen molar-refractivity contribution in [1.29, 1.82) is 0 Å². The number of ether oxygens (including phenoxy) is 1. The molecule has 1 fully saturated rings. The molecular formula is C11H13N7OS. The topological polar surface area (TPSA) is 96.2 Å². The molecule has 8 nitrogen and oxygen atoms in total. The van der Waals surface area contributed by atoms with Crippen LogP contribution in [0.4, 0.5) is 5.69 Å². The van der Waals surface area contributed by atoms with Gasteiger partial charge in [-0.25, -0.2) is 0 Å². The standard InChI is InChI=1S/C11H13N7OS/c12-7-4-13-17(5-7)6-9-16-18-10(8-2-1-3-19-8)14-15-11(18)20-9/h4-5,8H,1-3,6,12H2. The van der Waals surface area contributed by atoms with Crippen LogP contribution in [0.15, 0.2) is 12.4 Å². The molecule has 3 aromatic rings. The fraction of sp³-hybridized carbons (Fsp3) is 0.455. The van der Waals surface area contributed by atoms with Gasteiger partial charge in [0.15, 0.2) is 5.82 Å². The van der Waals surface area contributed by atoms with Crippen molar-refractivity contribution in [2.45, 2.75) is 25.5 Å². The van der Waals surface area contributed by atoms with Crippen LogP contribution < -0.4 is 5.73 Å². The smallest absolute Gasteiger partial charge is 0.234 e. The van der Waals surface area contributed by atoms with Gasteiger partial charge in [-0.3, -0.25) is 4.68 Å². The molecule has 1 aliphatic heterocycles. The molecule has 3 aromatic heterocycles. The lowest BCUT2D eigenvalue weighted by Gasteiger charge is -2.04. The zero-order valence-corrected chi connectivity index (χ0v) is 11.5. The van der Waals surface area contributed by atoms with E-state index >= 15 is 0 Å². The lowest BCUT2D eigenvalue weighted by atomic mass is 10.2. The first-order valence-electron chi connectivity index (χ1n) is 6.40. The summed E-state index contributed by atoms with van der Waals surface area (Å²) in [6, 6.07) is 0. The summed E-state index contributed by atoms with van der Waals surface area (Å²) in [6.07, 6.45) is 5.45. The fourth-order valence-electron chi connectivity index (χ4n) is 2.32. The van der Waals surface area contributed by atoms with E-state index in [2.05, 4.69) is 20.4 Å². The van der Waals surface area contributed by atoms with Gasteiger partial charge in [0.05, 0.1) is 18.4 Å². The lowest BCUT2D eigenvalue weighted by Crippen LogP contribution is -2.05. The number of nitrogen functional groups attached to an aromatic ring is 1. The van der Waals surface area contributed by atoms with E-state index in [1.54, 1.807) is 21.6 Å². The van der Waals surface area contributed by atoms with E-state index in [9.17, 15) is 0 Å². The summed E-state index contributed by atoms with van der Waals surface area (Å²) in [5.74, 6) is 0.792. The van der Waals surface area contributed by atoms with Crippen LogP contribution in [0.1, 0.15) is 29.8 Å². The van der Waals surface area contributed by atoms with Crippen LogP contribution in [-0.4, -0.2) is 36.2 Å². The molecule has 0 aromatic carbocycles. The maximum atomic E-state index is 5.65. The highest BCUT2D eigenvalue weighted by Gasteiger charge is 2.24. The highest BCUT2D eigenvalue weighted by atomic mass is 32.1. The Kier molecular flexibility index (Phi) is 2.67. The molecule has 0 saturated carbocycles. The van der Waals surface area contributed by atoms with E-state index in [-0.39, 0.29) is 6.10 Å². The van der Waals surface area contributed by atoms with Gasteiger partial charge in [0.25, 0.3) is 0 Å². The predicted molar refractivity (Wildman–Crippen MR) is 72.3 cm³/mol. The number of aromatic nitrogens is 6. The summed E-state index contributed by atoms with van der Waals surface area (Å²) in [5.41, 5.74) is 6.30. The summed E-state index contributed by atoms with van der Waals surface area (Å²) >= 11 is 1.50. The van der Waals surface area contributed by atoms with E-state index < -0.39 is 0 Å². The van der Waals surface area contributed by atoms with E-state index in [4.69, 9.17) is 10.5 Å². The van der Waals surface area contributed by atoms with Gasteiger partial charge in [-0.1, -0.05) is 11.3 Å². The largest absolute Gasteiger partial charge is 0.396 e. The molecule has 0 amide bonds. The van der Waals surface area contributed by atoms with Gasteiger partial charge in [-0.05, 0) is 12.8 Å². The molecule has 4 heterocycles. The van der Waals surface area contributed by atoms with Crippen molar-refractivity contribution in [3.8, 4) is 0 Å². The summed E-state index contributed by atoms with van der Waals surface area (Å²) in [4.78, 5) is 0.783. The Morgan fingerprint density at radius 1 is 1.45 bits per heavy atom. The molecule has 1 unspecified atom stereocenters. The van der Waals surface area contributed by atoms with E-state index in [0.29, 0.717) is 12.2 Å². The molecule has 20 heavy (non-hydrogen) atoms. The summed E-state index contributed by atoms with van der Waals surface area (Å²) in [7, 11) is 0. The Balaban J connectivity index is 1.65. The average Bonchev–Trinajstić information content (AvgIpc) is 3.13. The highest BCUT2D eigenvalue weighted by Crippen LogP contribution is 2.28. The van der Waals surface area contributed by atoms with Crippen molar-refractivity contribution in [2.75, 3.05) is 12.3 Å². The first-order chi connectivity index (χ1) is 9.79. The third-order valence-electron chi connectivity index (χ3n) is 3.22. The maximum Gasteiger partial charge on any atom is 0.234 e. The van der Waals surface area contributed by atoms with Crippen LogP contribution in [0.5, 0.6) is 0 Å². The second kappa shape index (κ2) is 4.53. The monoisotopic (exact) mass is 291 g/mol. The van der Waals surface area contributed by atoms with Crippen molar-refractivity contribution in [1.82, 2.24) is 29.6 Å². The third kappa shape index (κ3) is 1.95. The van der Waals surface area contributed by atoms with Gasteiger partial charge in [0.2, 0.25) is 4.96 Å². The molecule has 0 radical (unpaired) electrons. The molecule has 0 bridgehead atoms. The average molecular weight is 291 g/mol. The van der Waals surface area contributed by atoms with E-state index in [0.717, 1.165) is 35.2 Å². The van der Waals surface area contributed by atoms with Crippen LogP contribution in [0, 0.1) is 0 Å². The highest BCUT2D eigenvalue weighted by molar-refractivity contribution is 7.16. The first kappa shape index (κ1) is 11.8. The van der Waals surface area contributed by atoms with Gasteiger partial charge in [0, 0.05) is 12.8 Å². The van der Waals surface area contributed by atoms with E-state index in [1.165, 1.54) is 11.3 Å². The van der Waals surface area contributed by atoms with Gasteiger partial charge >= 0.3 is 0 Å². The van der Waals surface area contributed by atoms with E-state index in [1.807, 2.05) is 0 Å². The Morgan fingerprint density at radius 2 is 2.40 bits per heavy atom. The van der Waals surface area contributed by atoms with Crippen molar-refractivity contribution in [3.05, 3.63) is 23.2 Å². The zero-order chi connectivity index (χ0) is 13.5. The third-order valence-corrected chi connectivity index (χ3v) is 4.11. The normalized spacial score (nSPS) is 19.1. The molecule has 1 atom stereocenters. The maximum absolute atomic E-state index is 5.65. The summed E-state index contributed by atoms with van der Waals surface area (Å²) in [6.45, 7) is 1.36. The second-order valence-corrected chi connectivity index (χ2v) is 5.76. The molecule has 4 rings (SSSR count). The molecule has 0 aliphatic carbocycles. The minimum Gasteiger partial charge on any atom is -0.396 e. The van der Waals surface area contributed by atoms with Crippen molar-refractivity contribution >= 4 is 22.0 Å². The van der Waals surface area contributed by atoms with Crippen LogP contribution >= 0.6 is 11.3 Å². The number of anilines is 1. The van der Waals surface area contributed by atoms with Gasteiger partial charge < -0.3 is 10.5 Å². The number of rotatable bonds is 3. The SMILES string of the molecule is Nc1cnn(Cc2nn3c(C4CCCO4)nnc3s2)c1. The number of hydrogen-bond donors (Lipinski definition) is 1. The Hall–Kier alpha value is -2.00. The fourth-order valence-corrected chi connectivity index (χ4v) is 3.15. The summed E-state index contributed by atoms with van der Waals surface area (Å²) in [5, 5.41) is 18.0. The number of nitrogens with two attached hydrogens (primary N) is 1. The Bertz CT molecular complexity index is 739. The molecule has 2 N–H and O–H groups in total. The second-order valence-electron chi connectivity index (χ2n) is 4.72. The van der Waals surface area contributed by atoms with Crippen molar-refractivity contribution in [3.63, 3.8) is 0 Å². The first-order valence-corrected chi connectivity index (χ1v) is 7.22. The molecule has 1 aliphatic rings. The predicted octanol–water partition coefficient (Wildman–Crippen LogP) is 0.864. The lowest BCUT2D eigenvalue weighted by molar-refractivity contribution is 0.103. The van der Waals surface area contributed by atoms with Crippen LogP contribution in [0.25, 0.3) is 4.96 Å². The molecular weight excluding hydrogens is 278 g/mol. The van der Waals surface area contributed by atoms with Gasteiger partial charge in [-0.15, -0.1) is 10.2 Å². The van der Waals surface area contributed by atoms with Crippen LogP contribution in [0.2, 0.25) is 0 Å². The zero-order valence-electron chi connectivity index (χ0n) is 10.6. The summed E-state index contributed by atoms with van der Waals surface area (Å²) < 4.78 is 9.18. The van der Waals surface area contributed by atoms with Crippen molar-refractivity contribution in [2.24, 2.45) is 0 Å². The van der Waals surface area contributed by atoms with Crippen molar-refractivity contribution < 1.29 is 4.74 Å².